The van der Waals surface area contributed by atoms with Crippen molar-refractivity contribution in [1.82, 2.24) is 14.9 Å². The van der Waals surface area contributed by atoms with Crippen LogP contribution in [0.25, 0.3) is 0 Å². The lowest BCUT2D eigenvalue weighted by Gasteiger charge is -2.26. The summed E-state index contributed by atoms with van der Waals surface area (Å²) in [7, 11) is 1.82. The Bertz CT molecular complexity index is 384. The highest BCUT2D eigenvalue weighted by atomic mass is 16.5. The molecule has 0 radical (unpaired) electrons. The summed E-state index contributed by atoms with van der Waals surface area (Å²) < 4.78 is 7.87. The van der Waals surface area contributed by atoms with Crippen molar-refractivity contribution in [2.24, 2.45) is 0 Å². The van der Waals surface area contributed by atoms with Crippen LogP contribution in [0.1, 0.15) is 56.3 Å². The van der Waals surface area contributed by atoms with Gasteiger partial charge in [0.25, 0.3) is 0 Å². The van der Waals surface area contributed by atoms with Crippen LogP contribution in [0.2, 0.25) is 0 Å². The Kier molecular flexibility index (Phi) is 3.66. The number of nitrogens with zero attached hydrogens (tertiary/aromatic N) is 2. The van der Waals surface area contributed by atoms with Crippen molar-refractivity contribution in [3.8, 4) is 0 Å². The van der Waals surface area contributed by atoms with Crippen LogP contribution < -0.4 is 5.32 Å². The van der Waals surface area contributed by atoms with Crippen molar-refractivity contribution >= 4 is 0 Å². The van der Waals surface area contributed by atoms with E-state index in [1.807, 2.05) is 19.6 Å². The summed E-state index contributed by atoms with van der Waals surface area (Å²) in [6.07, 6.45) is 11.9. The van der Waals surface area contributed by atoms with E-state index in [-0.39, 0.29) is 0 Å². The summed E-state index contributed by atoms with van der Waals surface area (Å²) >= 11 is 0. The summed E-state index contributed by atoms with van der Waals surface area (Å²) in [6, 6.07) is 1.08. The van der Waals surface area contributed by atoms with Gasteiger partial charge in [-0.3, -0.25) is 0 Å². The van der Waals surface area contributed by atoms with Crippen molar-refractivity contribution in [3.63, 3.8) is 0 Å². The predicted octanol–water partition coefficient (Wildman–Crippen LogP) is 2.44. The molecule has 3 atom stereocenters. The maximum Gasteiger partial charge on any atom is 0.0951 e. The number of imidazole rings is 1. The SMILES string of the molecule is COC1CCC(n2cncc2C2CCCCN2)C1. The van der Waals surface area contributed by atoms with Crippen LogP contribution in [0.3, 0.4) is 0 Å². The van der Waals surface area contributed by atoms with Crippen LogP contribution in [-0.2, 0) is 4.74 Å². The third-order valence-corrected chi connectivity index (χ3v) is 4.45. The number of nitrogens with one attached hydrogen (secondary N) is 1. The van der Waals surface area contributed by atoms with Crippen LogP contribution >= 0.6 is 0 Å². The Balaban J connectivity index is 1.74. The highest BCUT2D eigenvalue weighted by Gasteiger charge is 2.28. The zero-order valence-electron chi connectivity index (χ0n) is 11.1. The van der Waals surface area contributed by atoms with E-state index in [2.05, 4.69) is 14.9 Å². The lowest BCUT2D eigenvalue weighted by Crippen LogP contribution is -2.29. The summed E-state index contributed by atoms with van der Waals surface area (Å²) in [5.74, 6) is 0. The Morgan fingerprint density at radius 3 is 3.00 bits per heavy atom. The monoisotopic (exact) mass is 249 g/mol. The quantitative estimate of drug-likeness (QED) is 0.894. The fourth-order valence-corrected chi connectivity index (χ4v) is 3.38. The second-order valence-electron chi connectivity index (χ2n) is 5.55. The fraction of sp³-hybridized carbons (Fsp3) is 0.786. The minimum absolute atomic E-state index is 0.435. The van der Waals surface area contributed by atoms with Crippen LogP contribution in [0, 0.1) is 0 Å². The summed E-state index contributed by atoms with van der Waals surface area (Å²) in [5.41, 5.74) is 1.37. The molecule has 3 unspecified atom stereocenters. The zero-order valence-corrected chi connectivity index (χ0v) is 11.1. The van der Waals surface area contributed by atoms with E-state index >= 15 is 0 Å². The molecular weight excluding hydrogens is 226 g/mol. The molecule has 2 fully saturated rings. The van der Waals surface area contributed by atoms with Gasteiger partial charge < -0.3 is 14.6 Å². The molecule has 1 saturated heterocycles. The van der Waals surface area contributed by atoms with Gasteiger partial charge in [0.15, 0.2) is 0 Å². The van der Waals surface area contributed by atoms with E-state index in [9.17, 15) is 0 Å². The van der Waals surface area contributed by atoms with Gasteiger partial charge in [-0.25, -0.2) is 4.98 Å². The second kappa shape index (κ2) is 5.41. The molecule has 1 aromatic heterocycles. The first-order valence-electron chi connectivity index (χ1n) is 7.16. The van der Waals surface area contributed by atoms with Gasteiger partial charge in [0.05, 0.1) is 18.1 Å². The molecule has 1 saturated carbocycles. The molecular formula is C14H23N3O. The average molecular weight is 249 g/mol. The molecule has 2 aliphatic rings. The first-order chi connectivity index (χ1) is 8.88. The van der Waals surface area contributed by atoms with Crippen molar-refractivity contribution < 1.29 is 4.74 Å². The summed E-state index contributed by atoms with van der Waals surface area (Å²) in [4.78, 5) is 4.37. The lowest BCUT2D eigenvalue weighted by molar-refractivity contribution is 0.105. The molecule has 4 nitrogen and oxygen atoms in total. The number of rotatable bonds is 3. The van der Waals surface area contributed by atoms with Crippen LogP contribution in [0.4, 0.5) is 0 Å². The van der Waals surface area contributed by atoms with Gasteiger partial charge in [-0.15, -0.1) is 0 Å². The molecule has 0 amide bonds. The smallest absolute Gasteiger partial charge is 0.0951 e. The van der Waals surface area contributed by atoms with E-state index in [0.717, 1.165) is 13.0 Å². The van der Waals surface area contributed by atoms with Crippen LogP contribution in [0.5, 0.6) is 0 Å². The summed E-state index contributed by atoms with van der Waals surface area (Å²) in [5, 5.41) is 3.62. The van der Waals surface area contributed by atoms with Gasteiger partial charge >= 0.3 is 0 Å². The van der Waals surface area contributed by atoms with E-state index in [1.165, 1.54) is 37.8 Å². The van der Waals surface area contributed by atoms with E-state index in [0.29, 0.717) is 18.2 Å². The zero-order chi connectivity index (χ0) is 12.4. The third kappa shape index (κ3) is 2.31. The van der Waals surface area contributed by atoms with Gasteiger partial charge in [0.1, 0.15) is 0 Å². The molecule has 2 heterocycles. The Hall–Kier alpha value is -0.870. The molecule has 18 heavy (non-hydrogen) atoms. The average Bonchev–Trinajstić information content (AvgIpc) is 3.08. The molecule has 3 rings (SSSR count). The molecule has 1 aliphatic carbocycles. The number of aromatic nitrogens is 2. The Labute approximate surface area is 109 Å². The first-order valence-corrected chi connectivity index (χ1v) is 7.16. The predicted molar refractivity (Wildman–Crippen MR) is 70.5 cm³/mol. The Morgan fingerprint density at radius 1 is 1.33 bits per heavy atom. The fourth-order valence-electron chi connectivity index (χ4n) is 3.38. The highest BCUT2D eigenvalue weighted by Crippen LogP contribution is 2.34. The highest BCUT2D eigenvalue weighted by molar-refractivity contribution is 5.08. The number of methoxy groups -OCH3 is 1. The minimum Gasteiger partial charge on any atom is -0.381 e. The molecule has 0 bridgehead atoms. The van der Waals surface area contributed by atoms with Crippen LogP contribution in [-0.4, -0.2) is 29.3 Å². The molecule has 1 N–H and O–H groups in total. The van der Waals surface area contributed by atoms with E-state index < -0.39 is 0 Å². The minimum atomic E-state index is 0.435. The van der Waals surface area contributed by atoms with Gasteiger partial charge in [0, 0.05) is 25.4 Å². The molecule has 100 valence electrons. The van der Waals surface area contributed by atoms with E-state index in [4.69, 9.17) is 4.74 Å². The maximum atomic E-state index is 5.48. The van der Waals surface area contributed by atoms with Crippen LogP contribution in [0.15, 0.2) is 12.5 Å². The topological polar surface area (TPSA) is 39.1 Å². The van der Waals surface area contributed by atoms with Crippen molar-refractivity contribution in [2.75, 3.05) is 13.7 Å². The first kappa shape index (κ1) is 12.2. The van der Waals surface area contributed by atoms with Gasteiger partial charge in [-0.2, -0.15) is 0 Å². The summed E-state index contributed by atoms with van der Waals surface area (Å²) in [6.45, 7) is 1.14. The Morgan fingerprint density at radius 2 is 2.28 bits per heavy atom. The van der Waals surface area contributed by atoms with Gasteiger partial charge in [0.2, 0.25) is 0 Å². The number of hydrogen-bond donors (Lipinski definition) is 1. The molecule has 0 spiro atoms. The maximum absolute atomic E-state index is 5.48. The molecule has 1 aliphatic heterocycles. The van der Waals surface area contributed by atoms with Gasteiger partial charge in [-0.1, -0.05) is 6.42 Å². The third-order valence-electron chi connectivity index (χ3n) is 4.45. The second-order valence-corrected chi connectivity index (χ2v) is 5.55. The standard InChI is InChI=1S/C14H23N3O/c1-18-12-6-5-11(8-12)17-10-15-9-14(17)13-4-2-3-7-16-13/h9-13,16H,2-8H2,1H3. The number of ether oxygens (including phenoxy) is 1. The number of hydrogen-bond acceptors (Lipinski definition) is 3. The van der Waals surface area contributed by atoms with Crippen molar-refractivity contribution in [2.45, 2.75) is 56.7 Å². The normalized spacial score (nSPS) is 32.8. The van der Waals surface area contributed by atoms with Crippen molar-refractivity contribution in [3.05, 3.63) is 18.2 Å². The molecule has 0 aromatic carbocycles. The van der Waals surface area contributed by atoms with Gasteiger partial charge in [-0.05, 0) is 38.6 Å². The molecule has 4 heteroatoms. The largest absolute Gasteiger partial charge is 0.381 e. The van der Waals surface area contributed by atoms with Crippen molar-refractivity contribution in [1.29, 1.82) is 0 Å². The van der Waals surface area contributed by atoms with E-state index in [1.54, 1.807) is 0 Å². The number of piperidine rings is 1. The molecule has 1 aromatic rings. The lowest BCUT2D eigenvalue weighted by atomic mass is 10.0.